The van der Waals surface area contributed by atoms with Crippen LogP contribution in [-0.4, -0.2) is 40.8 Å². The van der Waals surface area contributed by atoms with Gasteiger partial charge in [-0.2, -0.15) is 0 Å². The van der Waals surface area contributed by atoms with E-state index in [-0.39, 0.29) is 23.7 Å². The van der Waals surface area contributed by atoms with Gasteiger partial charge in [-0.15, -0.1) is 0 Å². The number of carbonyl (C=O) groups is 3. The second-order valence-corrected chi connectivity index (χ2v) is 5.71. The van der Waals surface area contributed by atoms with E-state index >= 15 is 0 Å². The lowest BCUT2D eigenvalue weighted by Crippen LogP contribution is -2.29. The smallest absolute Gasteiger partial charge is 0.304 e. The van der Waals surface area contributed by atoms with Crippen LogP contribution in [0, 0.1) is 5.92 Å². The van der Waals surface area contributed by atoms with Gasteiger partial charge >= 0.3 is 5.97 Å². The van der Waals surface area contributed by atoms with Crippen LogP contribution in [0.15, 0.2) is 35.7 Å². The molecule has 0 aromatic heterocycles. The molecule has 2 N–H and O–H groups in total. The third kappa shape index (κ3) is 2.60. The lowest BCUT2D eigenvalue weighted by Gasteiger charge is -2.12. The lowest BCUT2D eigenvalue weighted by molar-refractivity contribution is -0.141. The molecule has 2 aliphatic heterocycles. The molecule has 0 saturated carbocycles. The van der Waals surface area contributed by atoms with E-state index < -0.39 is 11.9 Å². The van der Waals surface area contributed by atoms with Crippen LogP contribution in [0.4, 0.5) is 0 Å². The number of carboxylic acids is 1. The number of hydrogen-bond donors (Lipinski definition) is 2. The van der Waals surface area contributed by atoms with Gasteiger partial charge in [-0.25, -0.2) is 0 Å². The average molecular weight is 314 g/mol. The number of benzene rings is 1. The predicted molar refractivity (Wildman–Crippen MR) is 82.6 cm³/mol. The molecule has 6 nitrogen and oxygen atoms in total. The van der Waals surface area contributed by atoms with Gasteiger partial charge in [0.2, 0.25) is 5.91 Å². The van der Waals surface area contributed by atoms with Crippen molar-refractivity contribution in [2.24, 2.45) is 5.92 Å². The zero-order valence-electron chi connectivity index (χ0n) is 12.8. The van der Waals surface area contributed by atoms with Crippen LogP contribution in [-0.2, 0) is 16.0 Å². The Morgan fingerprint density at radius 1 is 1.30 bits per heavy atom. The van der Waals surface area contributed by atoms with Gasteiger partial charge in [0.1, 0.15) is 5.82 Å². The average Bonchev–Trinajstić information content (AvgIpc) is 3.10. The molecular weight excluding hydrogens is 296 g/mol. The fourth-order valence-corrected chi connectivity index (χ4v) is 3.11. The van der Waals surface area contributed by atoms with Crippen LogP contribution in [0.5, 0.6) is 0 Å². The summed E-state index contributed by atoms with van der Waals surface area (Å²) in [6, 6.07) is 7.21. The number of carbonyl (C=O) groups excluding carboxylic acids is 2. The number of carboxylic acid groups (broad SMARTS) is 1. The minimum absolute atomic E-state index is 0.277. The van der Waals surface area contributed by atoms with E-state index in [1.54, 1.807) is 12.1 Å². The fourth-order valence-electron chi connectivity index (χ4n) is 3.11. The van der Waals surface area contributed by atoms with Crippen molar-refractivity contribution in [3.63, 3.8) is 0 Å². The molecule has 2 heterocycles. The van der Waals surface area contributed by atoms with Crippen molar-refractivity contribution in [1.82, 2.24) is 10.2 Å². The monoisotopic (exact) mass is 314 g/mol. The van der Waals surface area contributed by atoms with E-state index in [4.69, 9.17) is 5.11 Å². The van der Waals surface area contributed by atoms with Crippen LogP contribution in [0.25, 0.3) is 0 Å². The summed E-state index contributed by atoms with van der Waals surface area (Å²) in [4.78, 5) is 37.8. The normalized spacial score (nSPS) is 19.8. The van der Waals surface area contributed by atoms with Crippen molar-refractivity contribution in [2.75, 3.05) is 13.1 Å². The van der Waals surface area contributed by atoms with Crippen LogP contribution in [0.1, 0.15) is 29.3 Å². The van der Waals surface area contributed by atoms with Crippen molar-refractivity contribution in [1.29, 1.82) is 0 Å². The van der Waals surface area contributed by atoms with Crippen LogP contribution in [0.2, 0.25) is 0 Å². The number of rotatable bonds is 5. The Labute approximate surface area is 133 Å². The Balaban J connectivity index is 1.98. The number of fused-ring (bicyclic) bond motifs is 1. The first-order valence-electron chi connectivity index (χ1n) is 7.67. The Morgan fingerprint density at radius 2 is 2.00 bits per heavy atom. The molecule has 0 unspecified atom stereocenters. The highest BCUT2D eigenvalue weighted by atomic mass is 16.4. The standard InChI is InChI=1S/C17H18N2O4/c1-2-10-3-5-11(6-4-10)15(22)14-12(9-13(20)21)17(23)19-8-7-18-16(14)19/h3-6,12,18H,2,7-9H2,1H3,(H,20,21)/t12-/m0/s1. The van der Waals surface area contributed by atoms with Crippen LogP contribution >= 0.6 is 0 Å². The summed E-state index contributed by atoms with van der Waals surface area (Å²) in [6.07, 6.45) is 0.506. The summed E-state index contributed by atoms with van der Waals surface area (Å²) < 4.78 is 0. The van der Waals surface area contributed by atoms with Crippen molar-refractivity contribution in [2.45, 2.75) is 19.8 Å². The molecular formula is C17H18N2O4. The molecule has 2 aliphatic rings. The van der Waals surface area contributed by atoms with Crippen molar-refractivity contribution < 1.29 is 19.5 Å². The molecule has 1 saturated heterocycles. The van der Waals surface area contributed by atoms with Gasteiger partial charge in [0.05, 0.1) is 17.9 Å². The Hall–Kier alpha value is -2.63. The number of hydrogen-bond acceptors (Lipinski definition) is 4. The van der Waals surface area contributed by atoms with E-state index in [0.29, 0.717) is 24.5 Å². The Bertz CT molecular complexity index is 706. The molecule has 1 amide bonds. The first-order chi connectivity index (χ1) is 11.0. The van der Waals surface area contributed by atoms with Crippen molar-refractivity contribution in [3.8, 4) is 0 Å². The molecule has 0 aliphatic carbocycles. The number of ketones is 1. The summed E-state index contributed by atoms with van der Waals surface area (Å²) in [7, 11) is 0. The molecule has 0 radical (unpaired) electrons. The van der Waals surface area contributed by atoms with E-state index in [2.05, 4.69) is 5.32 Å². The quantitative estimate of drug-likeness (QED) is 0.797. The van der Waals surface area contributed by atoms with Gasteiger partial charge < -0.3 is 10.4 Å². The van der Waals surface area contributed by atoms with Gasteiger partial charge in [-0.05, 0) is 12.0 Å². The van der Waals surface area contributed by atoms with E-state index in [9.17, 15) is 14.4 Å². The lowest BCUT2D eigenvalue weighted by atomic mass is 9.90. The minimum atomic E-state index is -1.09. The van der Waals surface area contributed by atoms with Gasteiger partial charge in [0, 0.05) is 18.7 Å². The van der Waals surface area contributed by atoms with E-state index in [1.807, 2.05) is 19.1 Å². The second-order valence-electron chi connectivity index (χ2n) is 5.71. The molecule has 6 heteroatoms. The summed E-state index contributed by atoms with van der Waals surface area (Å²) in [5.41, 5.74) is 1.87. The highest BCUT2D eigenvalue weighted by Crippen LogP contribution is 2.34. The number of nitrogens with zero attached hydrogens (tertiary/aromatic N) is 1. The van der Waals surface area contributed by atoms with E-state index in [1.165, 1.54) is 4.90 Å². The zero-order valence-corrected chi connectivity index (χ0v) is 12.8. The molecule has 1 fully saturated rings. The van der Waals surface area contributed by atoms with Crippen LogP contribution < -0.4 is 5.32 Å². The third-order valence-electron chi connectivity index (χ3n) is 4.31. The first kappa shape index (κ1) is 15.3. The maximum atomic E-state index is 12.9. The molecule has 0 spiro atoms. The van der Waals surface area contributed by atoms with Gasteiger partial charge in [-0.3, -0.25) is 19.3 Å². The highest BCUT2D eigenvalue weighted by molar-refractivity contribution is 6.15. The molecule has 1 aromatic carbocycles. The van der Waals surface area contributed by atoms with Gasteiger partial charge in [-0.1, -0.05) is 31.2 Å². The summed E-state index contributed by atoms with van der Waals surface area (Å²) in [5.74, 6) is -2.10. The van der Waals surface area contributed by atoms with Gasteiger partial charge in [0.25, 0.3) is 0 Å². The Kier molecular flexibility index (Phi) is 3.90. The molecule has 0 bridgehead atoms. The third-order valence-corrected chi connectivity index (χ3v) is 4.31. The van der Waals surface area contributed by atoms with Crippen molar-refractivity contribution >= 4 is 17.7 Å². The number of nitrogens with one attached hydrogen (secondary N) is 1. The number of aliphatic carboxylic acids is 1. The largest absolute Gasteiger partial charge is 0.481 e. The zero-order chi connectivity index (χ0) is 16.6. The molecule has 1 aromatic rings. The fraction of sp³-hybridized carbons (Fsp3) is 0.353. The number of Topliss-reactive ketones (excluding diaryl/α,β-unsaturated/α-hetero) is 1. The van der Waals surface area contributed by atoms with Crippen molar-refractivity contribution in [3.05, 3.63) is 46.8 Å². The van der Waals surface area contributed by atoms with Crippen LogP contribution in [0.3, 0.4) is 0 Å². The molecule has 23 heavy (non-hydrogen) atoms. The summed E-state index contributed by atoms with van der Waals surface area (Å²) >= 11 is 0. The SMILES string of the molecule is CCc1ccc(C(=O)C2=C3NCCN3C(=O)[C@H]2CC(=O)O)cc1. The topological polar surface area (TPSA) is 86.7 Å². The Morgan fingerprint density at radius 3 is 2.61 bits per heavy atom. The molecule has 120 valence electrons. The maximum Gasteiger partial charge on any atom is 0.304 e. The second kappa shape index (κ2) is 5.87. The summed E-state index contributed by atoms with van der Waals surface area (Å²) in [6.45, 7) is 3.07. The van der Waals surface area contributed by atoms with E-state index in [0.717, 1.165) is 12.0 Å². The highest BCUT2D eigenvalue weighted by Gasteiger charge is 2.45. The maximum absolute atomic E-state index is 12.9. The molecule has 3 rings (SSSR count). The van der Waals surface area contributed by atoms with Gasteiger partial charge in [0.15, 0.2) is 5.78 Å². The summed E-state index contributed by atoms with van der Waals surface area (Å²) in [5, 5.41) is 12.1. The molecule has 1 atom stereocenters. The minimum Gasteiger partial charge on any atom is -0.481 e. The number of amides is 1. The predicted octanol–water partition coefficient (Wildman–Crippen LogP) is 1.18. The number of aryl methyl sites for hydroxylation is 1. The first-order valence-corrected chi connectivity index (χ1v) is 7.67.